The van der Waals surface area contributed by atoms with Crippen molar-refractivity contribution in [1.82, 2.24) is 0 Å². The van der Waals surface area contributed by atoms with E-state index in [0.717, 1.165) is 35.5 Å². The third kappa shape index (κ3) is 18.1. The first-order valence-electron chi connectivity index (χ1n) is 11.4. The van der Waals surface area contributed by atoms with Gasteiger partial charge in [0, 0.05) is 0 Å². The van der Waals surface area contributed by atoms with Crippen LogP contribution in [0, 0.1) is 35.5 Å². The molecule has 3 rings (SSSR count). The van der Waals surface area contributed by atoms with Crippen molar-refractivity contribution in [2.75, 3.05) is 0 Å². The van der Waals surface area contributed by atoms with Crippen LogP contribution in [-0.4, -0.2) is 0 Å². The van der Waals surface area contributed by atoms with E-state index in [4.69, 9.17) is 0 Å². The molecule has 162 valence electrons. The molecule has 0 aliphatic heterocycles. The molecule has 3 saturated carbocycles. The van der Waals surface area contributed by atoms with Gasteiger partial charge in [0.05, 0.1) is 0 Å². The third-order valence-electron chi connectivity index (χ3n) is 6.91. The van der Waals surface area contributed by atoms with Gasteiger partial charge in [-0.3, -0.25) is 4.70 Å². The Balaban J connectivity index is -0.000000144. The molecule has 0 N–H and O–H groups in total. The molecule has 0 atom stereocenters. The van der Waals surface area contributed by atoms with Crippen molar-refractivity contribution >= 4 is 0 Å². The normalized spacial score (nSPS) is 35.3. The Bertz CT molecular complexity index is 211. The van der Waals surface area contributed by atoms with Crippen LogP contribution in [0.25, 0.3) is 0 Å². The molecule has 27 heavy (non-hydrogen) atoms. The molecule has 0 amide bonds. The number of hydrogen-bond donors (Lipinski definition) is 0. The van der Waals surface area contributed by atoms with Crippen LogP contribution in [0.4, 0.5) is 4.70 Å². The summed E-state index contributed by atoms with van der Waals surface area (Å²) in [5, 5.41) is 0. The summed E-state index contributed by atoms with van der Waals surface area (Å²) in [5.41, 5.74) is 0. The molecule has 3 aliphatic carbocycles. The minimum Gasteiger partial charge on any atom is -1.00 e. The molecule has 0 spiro atoms. The Morgan fingerprint density at radius 2 is 0.444 bits per heavy atom. The van der Waals surface area contributed by atoms with Gasteiger partial charge in [0.2, 0.25) is 0 Å². The molecule has 0 aromatic carbocycles. The zero-order valence-electron chi connectivity index (χ0n) is 20.4. The zero-order valence-corrected chi connectivity index (χ0v) is 22.5. The summed E-state index contributed by atoms with van der Waals surface area (Å²) in [5.74, 6) is 6.12. The molecular formula is C25H54FK. The van der Waals surface area contributed by atoms with Gasteiger partial charge in [-0.25, -0.2) is 0 Å². The Morgan fingerprint density at radius 1 is 0.370 bits per heavy atom. The van der Waals surface area contributed by atoms with Gasteiger partial charge in [0.15, 0.2) is 0 Å². The molecule has 0 radical (unpaired) electrons. The maximum absolute atomic E-state index is 2.37. The molecule has 2 heteroatoms. The summed E-state index contributed by atoms with van der Waals surface area (Å²) >= 11 is 0. The summed E-state index contributed by atoms with van der Waals surface area (Å²) in [4.78, 5) is 0. The molecule has 3 aliphatic rings. The van der Waals surface area contributed by atoms with E-state index in [1.807, 2.05) is 0 Å². The van der Waals surface area contributed by atoms with Crippen LogP contribution in [0.5, 0.6) is 0 Å². The standard InChI is InChI=1S/3C8H16.CH4.FH.K.H/c3*1-7-3-5-8(2)6-4-7;;;;/h3*7-8H,3-6H2,1-2H3;1H4;1H;;/q;;;;;+1;-1. The number of hydrogen-bond acceptors (Lipinski definition) is 0. The predicted molar refractivity (Wildman–Crippen MR) is 121 cm³/mol. The maximum atomic E-state index is 2.37. The zero-order chi connectivity index (χ0) is 17.9. The van der Waals surface area contributed by atoms with Gasteiger partial charge >= 0.3 is 51.4 Å². The molecule has 0 bridgehead atoms. The van der Waals surface area contributed by atoms with E-state index in [9.17, 15) is 0 Å². The minimum atomic E-state index is 0. The van der Waals surface area contributed by atoms with E-state index in [2.05, 4.69) is 41.5 Å². The second kappa shape index (κ2) is 19.5. The van der Waals surface area contributed by atoms with Crippen LogP contribution in [0.3, 0.4) is 0 Å². The van der Waals surface area contributed by atoms with E-state index in [1.54, 1.807) is 0 Å². The van der Waals surface area contributed by atoms with Crippen molar-refractivity contribution in [1.29, 1.82) is 0 Å². The van der Waals surface area contributed by atoms with Crippen molar-refractivity contribution in [3.63, 3.8) is 0 Å². The topological polar surface area (TPSA) is 0 Å². The fraction of sp³-hybridized carbons (Fsp3) is 1.00. The monoisotopic (exact) mass is 412 g/mol. The van der Waals surface area contributed by atoms with E-state index < -0.39 is 0 Å². The predicted octanol–water partition coefficient (Wildman–Crippen LogP) is 6.40. The molecule has 0 saturated heterocycles. The number of halogens is 1. The second-order valence-corrected chi connectivity index (χ2v) is 10.1. The SMILES string of the molecule is C.CC1CCC(C)CC1.CC1CCC(C)CC1.CC1CCC(C)CC1.F.[H-].[K+]. The van der Waals surface area contributed by atoms with E-state index in [-0.39, 0.29) is 64.9 Å². The molecule has 0 aromatic rings. The van der Waals surface area contributed by atoms with Crippen LogP contribution < -0.4 is 51.4 Å². The smallest absolute Gasteiger partial charge is 1.00 e. The number of rotatable bonds is 0. The van der Waals surface area contributed by atoms with E-state index in [0.29, 0.717) is 0 Å². The van der Waals surface area contributed by atoms with Gasteiger partial charge in [-0.15, -0.1) is 0 Å². The van der Waals surface area contributed by atoms with Gasteiger partial charge in [0.25, 0.3) is 0 Å². The van der Waals surface area contributed by atoms with Gasteiger partial charge < -0.3 is 1.43 Å². The largest absolute Gasteiger partial charge is 1.00 e. The molecule has 0 nitrogen and oxygen atoms in total. The fourth-order valence-electron chi connectivity index (χ4n) is 4.28. The van der Waals surface area contributed by atoms with Crippen LogP contribution in [0.2, 0.25) is 0 Å². The quantitative estimate of drug-likeness (QED) is 0.404. The summed E-state index contributed by atoms with van der Waals surface area (Å²) in [7, 11) is 0. The molecule has 0 aromatic heterocycles. The van der Waals surface area contributed by atoms with Gasteiger partial charge in [0.1, 0.15) is 0 Å². The average molecular weight is 413 g/mol. The summed E-state index contributed by atoms with van der Waals surface area (Å²) in [6.45, 7) is 14.2. The van der Waals surface area contributed by atoms with Crippen molar-refractivity contribution < 1.29 is 57.5 Å². The Morgan fingerprint density at radius 3 is 0.519 bits per heavy atom. The Kier molecular flexibility index (Phi) is 24.0. The van der Waals surface area contributed by atoms with Crippen LogP contribution in [-0.2, 0) is 0 Å². The first-order valence-corrected chi connectivity index (χ1v) is 11.4. The van der Waals surface area contributed by atoms with Gasteiger partial charge in [-0.05, 0) is 35.5 Å². The fourth-order valence-corrected chi connectivity index (χ4v) is 4.28. The van der Waals surface area contributed by atoms with Crippen LogP contribution >= 0.6 is 0 Å². The minimum absolute atomic E-state index is 0. The van der Waals surface area contributed by atoms with Crippen molar-refractivity contribution in [3.8, 4) is 0 Å². The van der Waals surface area contributed by atoms with Crippen LogP contribution in [0.15, 0.2) is 0 Å². The van der Waals surface area contributed by atoms with E-state index in [1.165, 1.54) is 77.0 Å². The van der Waals surface area contributed by atoms with Gasteiger partial charge in [-0.2, -0.15) is 0 Å². The van der Waals surface area contributed by atoms with Gasteiger partial charge in [-0.1, -0.05) is 126 Å². The molecule has 3 fully saturated rings. The van der Waals surface area contributed by atoms with E-state index >= 15 is 0 Å². The molecule has 0 heterocycles. The maximum Gasteiger partial charge on any atom is 1.00 e. The summed E-state index contributed by atoms with van der Waals surface area (Å²) < 4.78 is 0. The van der Waals surface area contributed by atoms with Crippen molar-refractivity contribution in [2.24, 2.45) is 35.5 Å². The molecule has 0 unspecified atom stereocenters. The Labute approximate surface area is 217 Å². The van der Waals surface area contributed by atoms with Crippen LogP contribution in [0.1, 0.15) is 127 Å². The van der Waals surface area contributed by atoms with Crippen molar-refractivity contribution in [3.05, 3.63) is 0 Å². The summed E-state index contributed by atoms with van der Waals surface area (Å²) in [6, 6.07) is 0. The second-order valence-electron chi connectivity index (χ2n) is 10.1. The third-order valence-corrected chi connectivity index (χ3v) is 6.91. The first kappa shape index (κ1) is 33.2. The Hall–Kier alpha value is 1.57. The van der Waals surface area contributed by atoms with Crippen molar-refractivity contribution in [2.45, 2.75) is 126 Å². The average Bonchev–Trinajstić information content (AvgIpc) is 2.57. The first-order chi connectivity index (χ1) is 11.4. The summed E-state index contributed by atoms with van der Waals surface area (Å²) in [6.07, 6.45) is 17.7. The molecular weight excluding hydrogens is 358 g/mol.